The number of carbonyl (C=O) groups is 2. The molecule has 1 N–H and O–H groups in total. The first-order valence-corrected chi connectivity index (χ1v) is 9.74. The van der Waals surface area contributed by atoms with Crippen LogP contribution in [-0.4, -0.2) is 16.7 Å². The summed E-state index contributed by atoms with van der Waals surface area (Å²) in [5.74, 6) is 0.306. The van der Waals surface area contributed by atoms with E-state index in [1.54, 1.807) is 18.3 Å². The van der Waals surface area contributed by atoms with Crippen molar-refractivity contribution in [3.05, 3.63) is 40.7 Å². The summed E-state index contributed by atoms with van der Waals surface area (Å²) in [6.45, 7) is 3.59. The highest BCUT2D eigenvalue weighted by Crippen LogP contribution is 2.25. The SMILES string of the molecule is CC(=O)CCCCCCC(=O)N[C@@H](C)c1nc(-c2ccccc2)cs1. The molecule has 0 unspecified atom stereocenters. The van der Waals surface area contributed by atoms with Crippen molar-refractivity contribution in [3.8, 4) is 11.3 Å². The summed E-state index contributed by atoms with van der Waals surface area (Å²) < 4.78 is 0. The quantitative estimate of drug-likeness (QED) is 0.613. The van der Waals surface area contributed by atoms with Gasteiger partial charge < -0.3 is 10.1 Å². The molecule has 1 atom stereocenters. The Kier molecular flexibility index (Phi) is 7.79. The average molecular weight is 359 g/mol. The van der Waals surface area contributed by atoms with Gasteiger partial charge in [0.1, 0.15) is 10.8 Å². The van der Waals surface area contributed by atoms with Gasteiger partial charge in [0.2, 0.25) is 5.91 Å². The summed E-state index contributed by atoms with van der Waals surface area (Å²) >= 11 is 1.57. The molecule has 2 rings (SSSR count). The van der Waals surface area contributed by atoms with Gasteiger partial charge in [-0.25, -0.2) is 4.98 Å². The third kappa shape index (κ3) is 6.78. The molecular formula is C20H26N2O2S. The van der Waals surface area contributed by atoms with Crippen LogP contribution in [0.4, 0.5) is 0 Å². The molecule has 0 bridgehead atoms. The maximum absolute atomic E-state index is 12.1. The highest BCUT2D eigenvalue weighted by Gasteiger charge is 2.13. The van der Waals surface area contributed by atoms with Crippen molar-refractivity contribution in [1.29, 1.82) is 0 Å². The van der Waals surface area contributed by atoms with E-state index in [4.69, 9.17) is 0 Å². The number of benzene rings is 1. The number of rotatable bonds is 10. The van der Waals surface area contributed by atoms with Crippen molar-refractivity contribution >= 4 is 23.0 Å². The van der Waals surface area contributed by atoms with E-state index < -0.39 is 0 Å². The second-order valence-electron chi connectivity index (χ2n) is 6.34. The smallest absolute Gasteiger partial charge is 0.220 e. The lowest BCUT2D eigenvalue weighted by molar-refractivity contribution is -0.122. The lowest BCUT2D eigenvalue weighted by atomic mass is 10.1. The predicted molar refractivity (Wildman–Crippen MR) is 102 cm³/mol. The van der Waals surface area contributed by atoms with Crippen LogP contribution in [0.2, 0.25) is 0 Å². The summed E-state index contributed by atoms with van der Waals surface area (Å²) in [6, 6.07) is 9.97. The van der Waals surface area contributed by atoms with E-state index in [1.165, 1.54) is 0 Å². The first-order valence-electron chi connectivity index (χ1n) is 8.86. The number of aromatic nitrogens is 1. The molecule has 0 aliphatic carbocycles. The molecule has 0 aliphatic rings. The molecule has 4 nitrogen and oxygen atoms in total. The number of Topliss-reactive ketones (excluding diaryl/α,β-unsaturated/α-hetero) is 1. The van der Waals surface area contributed by atoms with Crippen LogP contribution in [0.3, 0.4) is 0 Å². The minimum absolute atomic E-state index is 0.0653. The van der Waals surface area contributed by atoms with E-state index in [2.05, 4.69) is 10.3 Å². The van der Waals surface area contributed by atoms with E-state index >= 15 is 0 Å². The number of thiazole rings is 1. The highest BCUT2D eigenvalue weighted by atomic mass is 32.1. The minimum atomic E-state index is -0.0762. The van der Waals surface area contributed by atoms with Crippen LogP contribution in [-0.2, 0) is 9.59 Å². The molecule has 0 saturated heterocycles. The van der Waals surface area contributed by atoms with Crippen molar-refractivity contribution < 1.29 is 9.59 Å². The van der Waals surface area contributed by atoms with Crippen LogP contribution >= 0.6 is 11.3 Å². The van der Waals surface area contributed by atoms with E-state index in [0.29, 0.717) is 12.8 Å². The van der Waals surface area contributed by atoms with E-state index in [0.717, 1.165) is 41.9 Å². The molecule has 1 aromatic carbocycles. The number of amides is 1. The molecule has 1 amide bonds. The summed E-state index contributed by atoms with van der Waals surface area (Å²) in [4.78, 5) is 27.6. The van der Waals surface area contributed by atoms with E-state index in [1.807, 2.05) is 42.6 Å². The molecule has 134 valence electrons. The van der Waals surface area contributed by atoms with Gasteiger partial charge in [0.25, 0.3) is 0 Å². The van der Waals surface area contributed by atoms with Crippen LogP contribution < -0.4 is 5.32 Å². The van der Waals surface area contributed by atoms with Crippen molar-refractivity contribution in [2.75, 3.05) is 0 Å². The number of nitrogens with zero attached hydrogens (tertiary/aromatic N) is 1. The maximum Gasteiger partial charge on any atom is 0.220 e. The second-order valence-corrected chi connectivity index (χ2v) is 7.23. The fourth-order valence-corrected chi connectivity index (χ4v) is 3.45. The zero-order valence-electron chi connectivity index (χ0n) is 15.0. The van der Waals surface area contributed by atoms with Gasteiger partial charge in [-0.1, -0.05) is 43.2 Å². The molecule has 2 aromatic rings. The predicted octanol–water partition coefficient (Wildman–Crippen LogP) is 4.92. The van der Waals surface area contributed by atoms with Gasteiger partial charge in [0.05, 0.1) is 11.7 Å². The third-order valence-corrected chi connectivity index (χ3v) is 5.05. The molecule has 1 heterocycles. The van der Waals surface area contributed by atoms with Gasteiger partial charge in [-0.05, 0) is 26.7 Å². The van der Waals surface area contributed by atoms with Crippen LogP contribution in [0.1, 0.15) is 63.4 Å². The normalized spacial score (nSPS) is 11.9. The third-order valence-electron chi connectivity index (χ3n) is 4.02. The lowest BCUT2D eigenvalue weighted by Crippen LogP contribution is -2.26. The van der Waals surface area contributed by atoms with E-state index in [9.17, 15) is 9.59 Å². The zero-order valence-corrected chi connectivity index (χ0v) is 15.8. The topological polar surface area (TPSA) is 59.1 Å². The van der Waals surface area contributed by atoms with E-state index in [-0.39, 0.29) is 17.7 Å². The number of carbonyl (C=O) groups excluding carboxylic acids is 2. The Bertz CT molecular complexity index is 682. The second kappa shape index (κ2) is 10.1. The zero-order chi connectivity index (χ0) is 18.1. The van der Waals surface area contributed by atoms with Crippen LogP contribution in [0.15, 0.2) is 35.7 Å². The van der Waals surface area contributed by atoms with Gasteiger partial charge in [-0.15, -0.1) is 11.3 Å². The van der Waals surface area contributed by atoms with Crippen molar-refractivity contribution in [2.45, 2.75) is 58.4 Å². The largest absolute Gasteiger partial charge is 0.347 e. The monoisotopic (exact) mass is 358 g/mol. The molecule has 0 radical (unpaired) electrons. The first kappa shape index (κ1) is 19.3. The molecule has 0 aliphatic heterocycles. The van der Waals surface area contributed by atoms with Crippen molar-refractivity contribution in [3.63, 3.8) is 0 Å². The standard InChI is InChI=1S/C20H26N2O2S/c1-15(23)10-6-3-4-9-13-19(24)21-16(2)20-22-18(14-25-20)17-11-7-5-8-12-17/h5,7-8,11-12,14,16H,3-4,6,9-10,13H2,1-2H3,(H,21,24)/t16-/m0/s1. The summed E-state index contributed by atoms with van der Waals surface area (Å²) in [6.07, 6.45) is 4.97. The molecule has 0 saturated carbocycles. The molecule has 0 spiro atoms. The average Bonchev–Trinajstić information content (AvgIpc) is 3.09. The Morgan fingerprint density at radius 3 is 2.44 bits per heavy atom. The highest BCUT2D eigenvalue weighted by molar-refractivity contribution is 7.10. The summed E-state index contributed by atoms with van der Waals surface area (Å²) in [5, 5.41) is 5.98. The molecule has 25 heavy (non-hydrogen) atoms. The summed E-state index contributed by atoms with van der Waals surface area (Å²) in [5.41, 5.74) is 2.04. The summed E-state index contributed by atoms with van der Waals surface area (Å²) in [7, 11) is 0. The Labute approximate surface area is 153 Å². The first-order chi connectivity index (χ1) is 12.1. The maximum atomic E-state index is 12.1. The van der Waals surface area contributed by atoms with Gasteiger partial charge in [-0.3, -0.25) is 4.79 Å². The van der Waals surface area contributed by atoms with Gasteiger partial charge in [0.15, 0.2) is 0 Å². The minimum Gasteiger partial charge on any atom is -0.347 e. The van der Waals surface area contributed by atoms with Crippen LogP contribution in [0.25, 0.3) is 11.3 Å². The van der Waals surface area contributed by atoms with Crippen LogP contribution in [0, 0.1) is 0 Å². The Morgan fingerprint density at radius 2 is 1.76 bits per heavy atom. The number of nitrogens with one attached hydrogen (secondary N) is 1. The molecule has 1 aromatic heterocycles. The number of ketones is 1. The fraction of sp³-hybridized carbons (Fsp3) is 0.450. The number of unbranched alkanes of at least 4 members (excludes halogenated alkanes) is 3. The Hall–Kier alpha value is -2.01. The molecule has 0 fully saturated rings. The van der Waals surface area contributed by atoms with Gasteiger partial charge in [-0.2, -0.15) is 0 Å². The number of hydrogen-bond acceptors (Lipinski definition) is 4. The van der Waals surface area contributed by atoms with Crippen LogP contribution in [0.5, 0.6) is 0 Å². The Morgan fingerprint density at radius 1 is 1.08 bits per heavy atom. The van der Waals surface area contributed by atoms with Crippen molar-refractivity contribution in [1.82, 2.24) is 10.3 Å². The number of hydrogen-bond donors (Lipinski definition) is 1. The lowest BCUT2D eigenvalue weighted by Gasteiger charge is -2.11. The van der Waals surface area contributed by atoms with Gasteiger partial charge >= 0.3 is 0 Å². The molecule has 5 heteroatoms. The van der Waals surface area contributed by atoms with Crippen molar-refractivity contribution in [2.24, 2.45) is 0 Å². The fourth-order valence-electron chi connectivity index (χ4n) is 2.62. The Balaban J connectivity index is 1.72. The molecular weight excluding hydrogens is 332 g/mol. The van der Waals surface area contributed by atoms with Gasteiger partial charge in [0, 0.05) is 23.8 Å².